The highest BCUT2D eigenvalue weighted by atomic mass is 28.3. The molecule has 70 heavy (non-hydrogen) atoms. The molecule has 0 spiro atoms. The lowest BCUT2D eigenvalue weighted by Crippen LogP contribution is -2.37. The van der Waals surface area contributed by atoms with E-state index in [2.05, 4.69) is 99.9 Å². The van der Waals surface area contributed by atoms with Gasteiger partial charge in [-0.25, -0.2) is 17.6 Å². The first-order chi connectivity index (χ1) is 33.2. The molecular formula is C62H56F4N2Si2. The van der Waals surface area contributed by atoms with Crippen molar-refractivity contribution in [3.05, 3.63) is 203 Å². The van der Waals surface area contributed by atoms with Crippen LogP contribution in [0.1, 0.15) is 22.3 Å². The highest BCUT2D eigenvalue weighted by Gasteiger charge is 2.28. The van der Waals surface area contributed by atoms with E-state index in [1.54, 1.807) is 12.1 Å². The lowest BCUT2D eigenvalue weighted by molar-refractivity contribution is 0.586. The second-order valence-electron chi connectivity index (χ2n) is 21.2. The van der Waals surface area contributed by atoms with Crippen molar-refractivity contribution in [2.24, 2.45) is 0 Å². The van der Waals surface area contributed by atoms with Crippen molar-refractivity contribution in [3.63, 3.8) is 0 Å². The van der Waals surface area contributed by atoms with Crippen LogP contribution in [0.15, 0.2) is 158 Å². The van der Waals surface area contributed by atoms with Gasteiger partial charge in [-0.05, 0) is 109 Å². The molecule has 0 aliphatic heterocycles. The Labute approximate surface area is 410 Å². The normalized spacial score (nSPS) is 12.1. The number of aryl methyl sites for hydroxylation is 4. The summed E-state index contributed by atoms with van der Waals surface area (Å²) < 4.78 is 65.8. The molecule has 0 bridgehead atoms. The predicted octanol–water partition coefficient (Wildman–Crippen LogP) is 17.7. The van der Waals surface area contributed by atoms with Crippen molar-refractivity contribution in [2.45, 2.75) is 67.0 Å². The topological polar surface area (TPSA) is 6.48 Å². The van der Waals surface area contributed by atoms with Gasteiger partial charge in [0.1, 0.15) is 23.3 Å². The van der Waals surface area contributed by atoms with Gasteiger partial charge >= 0.3 is 0 Å². The Bertz CT molecular complexity index is 3380. The Balaban J connectivity index is 1.23. The van der Waals surface area contributed by atoms with Gasteiger partial charge in [0.2, 0.25) is 0 Å². The molecule has 0 aliphatic carbocycles. The van der Waals surface area contributed by atoms with Crippen molar-refractivity contribution in [1.29, 1.82) is 0 Å². The zero-order valence-electron chi connectivity index (χ0n) is 41.4. The molecular weight excluding hydrogens is 905 g/mol. The van der Waals surface area contributed by atoms with Crippen LogP contribution in [0.25, 0.3) is 54.6 Å². The molecule has 10 aromatic carbocycles. The monoisotopic (exact) mass is 960 g/mol. The van der Waals surface area contributed by atoms with Crippen molar-refractivity contribution in [3.8, 4) is 22.3 Å². The first kappa shape index (κ1) is 46.7. The molecule has 350 valence electrons. The molecule has 2 nitrogen and oxygen atoms in total. The van der Waals surface area contributed by atoms with Gasteiger partial charge in [0, 0.05) is 45.4 Å². The molecule has 0 fully saturated rings. The number of hydrogen-bond acceptors (Lipinski definition) is 2. The summed E-state index contributed by atoms with van der Waals surface area (Å²) in [4.78, 5) is 3.83. The Kier molecular flexibility index (Phi) is 11.6. The second kappa shape index (κ2) is 17.4. The first-order valence-corrected chi connectivity index (χ1v) is 30.9. The summed E-state index contributed by atoms with van der Waals surface area (Å²) in [5.41, 5.74) is 9.21. The summed E-state index contributed by atoms with van der Waals surface area (Å²) in [6.07, 6.45) is 0. The summed E-state index contributed by atoms with van der Waals surface area (Å²) in [5.74, 6) is -2.65. The standard InChI is InChI=1S/C62H56F4N2Si2/c1-37-27-38(2)30-43(29-37)51-33-59(55(65)35-53(51)63)67(45-15-19-47(20-16-45)69(5,6)7)57-25-13-41-12-24-50-58(26-14-42-11-23-49(57)61(41)62(42)50)68(46-17-21-48(22-18-46)70(8,9)10)60-34-52(54(64)36-56(60)66)44-31-39(3)28-40(4)32-44/h11-36H,1-10H3. The van der Waals surface area contributed by atoms with Gasteiger partial charge in [0.15, 0.2) is 0 Å². The van der Waals surface area contributed by atoms with Gasteiger partial charge in [-0.2, -0.15) is 0 Å². The number of nitrogens with zero attached hydrogens (tertiary/aromatic N) is 2. The third-order valence-corrected chi connectivity index (χ3v) is 17.8. The second-order valence-corrected chi connectivity index (χ2v) is 31.3. The van der Waals surface area contributed by atoms with Crippen LogP contribution in [0.3, 0.4) is 0 Å². The lowest BCUT2D eigenvalue weighted by Gasteiger charge is -2.30. The van der Waals surface area contributed by atoms with E-state index in [1.807, 2.05) is 110 Å². The van der Waals surface area contributed by atoms with Crippen molar-refractivity contribution < 1.29 is 17.6 Å². The third kappa shape index (κ3) is 8.47. The highest BCUT2D eigenvalue weighted by Crippen LogP contribution is 2.49. The average Bonchev–Trinajstić information content (AvgIpc) is 3.29. The summed E-state index contributed by atoms with van der Waals surface area (Å²) in [5, 5.41) is 8.05. The average molecular weight is 961 g/mol. The minimum absolute atomic E-state index is 0.214. The van der Waals surface area contributed by atoms with Crippen LogP contribution in [-0.4, -0.2) is 16.1 Å². The van der Waals surface area contributed by atoms with E-state index in [9.17, 15) is 0 Å². The number of benzene rings is 10. The molecule has 0 aromatic heterocycles. The highest BCUT2D eigenvalue weighted by molar-refractivity contribution is 6.89. The Morgan fingerprint density at radius 3 is 0.986 bits per heavy atom. The molecule has 10 rings (SSSR count). The van der Waals surface area contributed by atoms with Gasteiger partial charge in [-0.15, -0.1) is 0 Å². The van der Waals surface area contributed by atoms with E-state index < -0.39 is 39.4 Å². The fourth-order valence-electron chi connectivity index (χ4n) is 10.3. The Morgan fingerprint density at radius 2 is 0.657 bits per heavy atom. The molecule has 10 aromatic rings. The molecule has 0 saturated heterocycles. The predicted molar refractivity (Wildman–Crippen MR) is 295 cm³/mol. The summed E-state index contributed by atoms with van der Waals surface area (Å²) in [6, 6.07) is 50.2. The molecule has 0 heterocycles. The van der Waals surface area contributed by atoms with Crippen LogP contribution in [0.2, 0.25) is 39.3 Å². The first-order valence-electron chi connectivity index (χ1n) is 23.9. The maximum Gasteiger partial charge on any atom is 0.150 e. The SMILES string of the molecule is Cc1cc(C)cc(-c2cc(N(c3ccc([Si](C)(C)C)cc3)c3ccc4ccc5c(N(c6ccc([Si](C)(C)C)cc6)c6cc(-c7cc(C)cc(C)c7)c(F)cc6F)ccc6ccc3c4c65)c(F)cc2F)c1. The molecule has 0 N–H and O–H groups in total. The molecule has 0 radical (unpaired) electrons. The van der Waals surface area contributed by atoms with Gasteiger partial charge in [0.05, 0.1) is 38.9 Å². The van der Waals surface area contributed by atoms with E-state index >= 15 is 17.6 Å². The fraction of sp³-hybridized carbons (Fsp3) is 0.161. The van der Waals surface area contributed by atoms with Crippen molar-refractivity contribution in [1.82, 2.24) is 0 Å². The van der Waals surface area contributed by atoms with E-state index in [0.717, 1.165) is 78.1 Å². The number of hydrogen-bond donors (Lipinski definition) is 0. The van der Waals surface area contributed by atoms with Gasteiger partial charge in [-0.1, -0.05) is 169 Å². The molecule has 0 amide bonds. The van der Waals surface area contributed by atoms with Gasteiger partial charge < -0.3 is 9.80 Å². The Hall–Kier alpha value is -7.01. The minimum atomic E-state index is -1.71. The summed E-state index contributed by atoms with van der Waals surface area (Å²) in [7, 11) is -3.43. The van der Waals surface area contributed by atoms with Crippen LogP contribution < -0.4 is 20.2 Å². The van der Waals surface area contributed by atoms with Crippen LogP contribution in [0.4, 0.5) is 51.7 Å². The van der Waals surface area contributed by atoms with Gasteiger partial charge in [-0.3, -0.25) is 0 Å². The zero-order chi connectivity index (χ0) is 49.6. The maximum absolute atomic E-state index is 16.8. The quantitative estimate of drug-likeness (QED) is 0.0766. The van der Waals surface area contributed by atoms with Crippen molar-refractivity contribution >= 4 is 93.0 Å². The summed E-state index contributed by atoms with van der Waals surface area (Å²) in [6.45, 7) is 21.7. The smallest absolute Gasteiger partial charge is 0.150 e. The molecule has 0 saturated carbocycles. The molecule has 0 atom stereocenters. The molecule has 0 aliphatic rings. The van der Waals surface area contributed by atoms with E-state index in [0.29, 0.717) is 33.6 Å². The van der Waals surface area contributed by atoms with Crippen LogP contribution >= 0.6 is 0 Å². The van der Waals surface area contributed by atoms with E-state index in [-0.39, 0.29) is 11.4 Å². The van der Waals surface area contributed by atoms with Crippen LogP contribution in [0, 0.1) is 51.0 Å². The largest absolute Gasteiger partial charge is 0.307 e. The Morgan fingerprint density at radius 1 is 0.329 bits per heavy atom. The third-order valence-electron chi connectivity index (χ3n) is 13.7. The minimum Gasteiger partial charge on any atom is -0.307 e. The molecule has 8 heteroatoms. The fourth-order valence-corrected chi connectivity index (χ4v) is 12.7. The van der Waals surface area contributed by atoms with Crippen LogP contribution in [-0.2, 0) is 0 Å². The lowest BCUT2D eigenvalue weighted by atomic mass is 9.91. The van der Waals surface area contributed by atoms with Gasteiger partial charge in [0.25, 0.3) is 0 Å². The maximum atomic E-state index is 16.8. The van der Waals surface area contributed by atoms with Crippen LogP contribution in [0.5, 0.6) is 0 Å². The van der Waals surface area contributed by atoms with E-state index in [1.165, 1.54) is 10.4 Å². The number of rotatable bonds is 10. The number of anilines is 6. The number of halogens is 4. The summed E-state index contributed by atoms with van der Waals surface area (Å²) >= 11 is 0. The van der Waals surface area contributed by atoms with E-state index in [4.69, 9.17) is 0 Å². The van der Waals surface area contributed by atoms with Crippen molar-refractivity contribution in [2.75, 3.05) is 9.80 Å². The molecule has 0 unspecified atom stereocenters. The zero-order valence-corrected chi connectivity index (χ0v) is 43.4.